The van der Waals surface area contributed by atoms with E-state index < -0.39 is 0 Å². The molecule has 0 aliphatic heterocycles. The third-order valence-corrected chi connectivity index (χ3v) is 16.1. The average molecular weight is 1000 g/mol. The molecule has 0 unspecified atom stereocenters. The lowest BCUT2D eigenvalue weighted by molar-refractivity contribution is 0.259. The molecule has 0 atom stereocenters. The van der Waals surface area contributed by atoms with Crippen LogP contribution in [0.2, 0.25) is 0 Å². The maximum absolute atomic E-state index is 6.72. The van der Waals surface area contributed by atoms with E-state index in [1.807, 2.05) is 0 Å². The quantitative estimate of drug-likeness (QED) is 0.0238. The summed E-state index contributed by atoms with van der Waals surface area (Å²) in [5, 5.41) is 6.83. The van der Waals surface area contributed by atoms with E-state index in [4.69, 9.17) is 29.4 Å². The van der Waals surface area contributed by atoms with Gasteiger partial charge in [0.05, 0.1) is 57.3 Å². The zero-order valence-corrected chi connectivity index (χ0v) is 47.6. The molecule has 0 N–H and O–H groups in total. The number of unbranched alkanes of at least 4 members (excludes halogenated alkanes) is 26. The maximum Gasteiger partial charge on any atom is 0.163 e. The lowest BCUT2D eigenvalue weighted by Crippen LogP contribution is -2.12. The van der Waals surface area contributed by atoms with Crippen molar-refractivity contribution in [1.29, 1.82) is 0 Å². The molecule has 74 heavy (non-hydrogen) atoms. The van der Waals surface area contributed by atoms with Crippen molar-refractivity contribution >= 4 is 76.5 Å². The van der Waals surface area contributed by atoms with E-state index >= 15 is 0 Å². The van der Waals surface area contributed by atoms with Crippen molar-refractivity contribution < 1.29 is 9.47 Å². The number of ether oxygens (including phenoxy) is 2. The normalized spacial score (nSPS) is 12.6. The zero-order valence-electron chi connectivity index (χ0n) is 47.6. The molecule has 6 heteroatoms. The smallest absolute Gasteiger partial charge is 0.163 e. The molecule has 0 aliphatic rings. The Bertz CT molecular complexity index is 2830. The van der Waals surface area contributed by atoms with E-state index in [1.54, 1.807) is 0 Å². The van der Waals surface area contributed by atoms with Crippen molar-refractivity contribution in [3.8, 4) is 11.5 Å². The molecule has 2 aromatic heterocycles. The van der Waals surface area contributed by atoms with E-state index in [-0.39, 0.29) is 10.8 Å². The Kier molecular flexibility index (Phi) is 20.0. The molecule has 0 fully saturated rings. The molecule has 0 bridgehead atoms. The fourth-order valence-corrected chi connectivity index (χ4v) is 11.4. The second-order valence-electron chi connectivity index (χ2n) is 24.4. The summed E-state index contributed by atoms with van der Waals surface area (Å²) in [6.07, 6.45) is 37.4. The minimum Gasteiger partial charge on any atom is -0.490 e. The van der Waals surface area contributed by atoms with Crippen LogP contribution in [0.15, 0.2) is 60.7 Å². The molecule has 6 aromatic carbocycles. The summed E-state index contributed by atoms with van der Waals surface area (Å²) >= 11 is 0. The van der Waals surface area contributed by atoms with E-state index in [0.29, 0.717) is 13.2 Å². The summed E-state index contributed by atoms with van der Waals surface area (Å²) in [6.45, 7) is 19.7. The van der Waals surface area contributed by atoms with Crippen LogP contribution in [0.25, 0.3) is 76.5 Å². The van der Waals surface area contributed by atoms with Crippen LogP contribution in [0.5, 0.6) is 11.5 Å². The molecule has 0 saturated carbocycles. The second kappa shape index (κ2) is 26.8. The lowest BCUT2D eigenvalue weighted by Gasteiger charge is -2.25. The first-order chi connectivity index (χ1) is 36.0. The molecule has 0 spiro atoms. The summed E-state index contributed by atoms with van der Waals surface area (Å²) < 4.78 is 13.4. The van der Waals surface area contributed by atoms with Gasteiger partial charge in [0.15, 0.2) is 11.5 Å². The molecular formula is C68H94N4O2. The summed E-state index contributed by atoms with van der Waals surface area (Å²) in [6, 6.07) is 22.0. The van der Waals surface area contributed by atoms with Gasteiger partial charge in [-0.25, -0.2) is 19.9 Å². The number of aromatic nitrogens is 4. The van der Waals surface area contributed by atoms with Gasteiger partial charge in [-0.05, 0) is 71.2 Å². The standard InChI is InChI=1S/C68H94N4O2/c1-9-11-13-15-17-19-21-23-25-27-29-31-33-37-41-73-59-47-57-58(48-60(59)74-42-38-34-32-30-28-26-24-22-20-18-16-14-12-10-2)72-66-54-46-50(68(6,7)8)44-52-62(54)61-51(43-49(67(3,4)5)45-53(61)65(66)71-57)63-64(52)70-56-40-36-35-39-55(56)69-63/h35-36,39-40,43-48H,9-34,37-38,41-42H2,1-8H3. The zero-order chi connectivity index (χ0) is 51.9. The third kappa shape index (κ3) is 14.1. The van der Waals surface area contributed by atoms with Crippen molar-refractivity contribution in [2.45, 2.75) is 246 Å². The lowest BCUT2D eigenvalue weighted by atomic mass is 9.80. The van der Waals surface area contributed by atoms with Gasteiger partial charge in [-0.1, -0.05) is 234 Å². The predicted molar refractivity (Wildman–Crippen MR) is 320 cm³/mol. The highest BCUT2D eigenvalue weighted by Gasteiger charge is 2.27. The molecule has 8 aromatic rings. The number of rotatable bonds is 32. The maximum atomic E-state index is 6.72. The molecule has 0 radical (unpaired) electrons. The summed E-state index contributed by atoms with van der Waals surface area (Å²) in [5.41, 5.74) is 9.41. The summed E-state index contributed by atoms with van der Waals surface area (Å²) in [7, 11) is 0. The van der Waals surface area contributed by atoms with Gasteiger partial charge in [-0.15, -0.1) is 0 Å². The molecule has 0 aliphatic carbocycles. The predicted octanol–water partition coefficient (Wildman–Crippen LogP) is 21.1. The molecule has 8 rings (SSSR count). The third-order valence-electron chi connectivity index (χ3n) is 16.1. The molecule has 0 saturated heterocycles. The number of hydrogen-bond donors (Lipinski definition) is 0. The fraction of sp³-hybridized carbons (Fsp3) is 0.588. The van der Waals surface area contributed by atoms with Gasteiger partial charge >= 0.3 is 0 Å². The Hall–Kier alpha value is -4.84. The van der Waals surface area contributed by atoms with Gasteiger partial charge in [0, 0.05) is 44.5 Å². The minimum atomic E-state index is -0.121. The number of hydrogen-bond acceptors (Lipinski definition) is 6. The number of nitrogens with zero attached hydrogens (tertiary/aromatic N) is 4. The monoisotopic (exact) mass is 999 g/mol. The number of benzene rings is 6. The Morgan fingerprint density at radius 1 is 0.324 bits per heavy atom. The van der Waals surface area contributed by atoms with Gasteiger partial charge in [-0.3, -0.25) is 0 Å². The topological polar surface area (TPSA) is 70.0 Å². The average Bonchev–Trinajstić information content (AvgIpc) is 3.40. The van der Waals surface area contributed by atoms with Crippen molar-refractivity contribution in [2.24, 2.45) is 0 Å². The summed E-state index contributed by atoms with van der Waals surface area (Å²) in [5.74, 6) is 1.56. The first kappa shape index (κ1) is 55.4. The van der Waals surface area contributed by atoms with Crippen LogP contribution in [0.4, 0.5) is 0 Å². The Morgan fingerprint density at radius 2 is 0.581 bits per heavy atom. The molecular weight excluding hydrogens is 905 g/mol. The molecule has 398 valence electrons. The Labute approximate surface area is 446 Å². The minimum absolute atomic E-state index is 0.121. The van der Waals surface area contributed by atoms with Crippen molar-refractivity contribution in [2.75, 3.05) is 13.2 Å². The number of para-hydroxylation sites is 2. The van der Waals surface area contributed by atoms with Gasteiger partial charge in [-0.2, -0.15) is 0 Å². The van der Waals surface area contributed by atoms with Gasteiger partial charge in [0.25, 0.3) is 0 Å². The first-order valence-electron chi connectivity index (χ1n) is 30.2. The van der Waals surface area contributed by atoms with Crippen LogP contribution in [-0.2, 0) is 10.8 Å². The Morgan fingerprint density at radius 3 is 0.851 bits per heavy atom. The van der Waals surface area contributed by atoms with Crippen LogP contribution < -0.4 is 9.47 Å². The van der Waals surface area contributed by atoms with E-state index in [9.17, 15) is 0 Å². The number of fused-ring (bicyclic) bond motifs is 8. The van der Waals surface area contributed by atoms with Crippen LogP contribution in [0, 0.1) is 0 Å². The Balaban J connectivity index is 1.06. The highest BCUT2D eigenvalue weighted by Crippen LogP contribution is 2.47. The van der Waals surface area contributed by atoms with E-state index in [0.717, 1.165) is 90.0 Å². The van der Waals surface area contributed by atoms with Crippen LogP contribution in [-0.4, -0.2) is 33.1 Å². The molecule has 6 nitrogen and oxygen atoms in total. The van der Waals surface area contributed by atoms with Crippen LogP contribution >= 0.6 is 0 Å². The first-order valence-corrected chi connectivity index (χ1v) is 30.2. The largest absolute Gasteiger partial charge is 0.490 e. The SMILES string of the molecule is CCCCCCCCCCCCCCCCOc1cc2nc3c4cc(C(C)(C)C)cc5c6nc7ccccc7nc6c6cc(C(C)(C)C)cc(c3nc2cc1OCCCCCCCCCCCCCCCC)c6c54. The highest BCUT2D eigenvalue weighted by molar-refractivity contribution is 6.39. The van der Waals surface area contributed by atoms with Crippen molar-refractivity contribution in [3.05, 3.63) is 71.8 Å². The van der Waals surface area contributed by atoms with Crippen molar-refractivity contribution in [1.82, 2.24) is 19.9 Å². The molecule has 0 amide bonds. The molecule has 2 heterocycles. The van der Waals surface area contributed by atoms with Gasteiger partial charge < -0.3 is 9.47 Å². The van der Waals surface area contributed by atoms with Crippen LogP contribution in [0.1, 0.15) is 246 Å². The summed E-state index contributed by atoms with van der Waals surface area (Å²) in [4.78, 5) is 22.1. The highest BCUT2D eigenvalue weighted by atomic mass is 16.5. The van der Waals surface area contributed by atoms with Crippen LogP contribution in [0.3, 0.4) is 0 Å². The van der Waals surface area contributed by atoms with Crippen molar-refractivity contribution in [3.63, 3.8) is 0 Å². The van der Waals surface area contributed by atoms with Gasteiger partial charge in [0.2, 0.25) is 0 Å². The van der Waals surface area contributed by atoms with E-state index in [2.05, 4.69) is 116 Å². The van der Waals surface area contributed by atoms with Gasteiger partial charge in [0.1, 0.15) is 0 Å². The second-order valence-corrected chi connectivity index (χ2v) is 24.4. The fourth-order valence-electron chi connectivity index (χ4n) is 11.4. The van der Waals surface area contributed by atoms with E-state index in [1.165, 1.54) is 189 Å².